The molecule has 2 atom stereocenters. The second-order valence-electron chi connectivity index (χ2n) is 5.39. The molecule has 0 spiro atoms. The minimum atomic E-state index is -0.550. The second kappa shape index (κ2) is 4.31. The van der Waals surface area contributed by atoms with Crippen molar-refractivity contribution >= 4 is 12.0 Å². The second-order valence-corrected chi connectivity index (χ2v) is 5.39. The van der Waals surface area contributed by atoms with Crippen molar-refractivity contribution in [2.24, 2.45) is 11.7 Å². The summed E-state index contributed by atoms with van der Waals surface area (Å²) in [7, 11) is 0. The van der Waals surface area contributed by atoms with Gasteiger partial charge in [-0.05, 0) is 33.1 Å². The van der Waals surface area contributed by atoms with Gasteiger partial charge in [0.2, 0.25) is 5.91 Å². The van der Waals surface area contributed by atoms with E-state index in [4.69, 9.17) is 10.5 Å². The molecule has 0 bridgehead atoms. The molecule has 2 amide bonds. The lowest BCUT2D eigenvalue weighted by Crippen LogP contribution is -2.45. The quantitative estimate of drug-likeness (QED) is 0.730. The Hall–Kier alpha value is -1.26. The lowest BCUT2D eigenvalue weighted by Gasteiger charge is -2.27. The minimum absolute atomic E-state index is 0.282. The van der Waals surface area contributed by atoms with E-state index in [-0.39, 0.29) is 5.92 Å². The molecule has 5 heteroatoms. The summed E-state index contributed by atoms with van der Waals surface area (Å²) in [6.07, 6.45) is 0.162. The highest BCUT2D eigenvalue weighted by molar-refractivity contribution is 5.85. The van der Waals surface area contributed by atoms with E-state index in [1.807, 2.05) is 6.92 Å². The van der Waals surface area contributed by atoms with E-state index < -0.39 is 23.6 Å². The lowest BCUT2D eigenvalue weighted by molar-refractivity contribution is -0.122. The van der Waals surface area contributed by atoms with Crippen molar-refractivity contribution in [1.82, 2.24) is 4.90 Å². The van der Waals surface area contributed by atoms with E-state index >= 15 is 0 Å². The molecule has 1 saturated heterocycles. The smallest absolute Gasteiger partial charge is 0.410 e. The molecule has 0 radical (unpaired) electrons. The number of primary amides is 1. The predicted molar refractivity (Wildman–Crippen MR) is 59.7 cm³/mol. The summed E-state index contributed by atoms with van der Waals surface area (Å²) >= 11 is 0. The summed E-state index contributed by atoms with van der Waals surface area (Å²) in [6.45, 7) is 7.90. The van der Waals surface area contributed by atoms with Crippen LogP contribution in [0, 0.1) is 5.92 Å². The van der Waals surface area contributed by atoms with Crippen molar-refractivity contribution in [3.63, 3.8) is 0 Å². The molecule has 0 saturated carbocycles. The Balaban J connectivity index is 2.71. The molecule has 16 heavy (non-hydrogen) atoms. The van der Waals surface area contributed by atoms with Crippen LogP contribution in [0.5, 0.6) is 0 Å². The molecule has 0 aromatic rings. The number of nitrogens with two attached hydrogens (primary N) is 1. The highest BCUT2D eigenvalue weighted by Gasteiger charge is 2.38. The van der Waals surface area contributed by atoms with Gasteiger partial charge >= 0.3 is 6.09 Å². The van der Waals surface area contributed by atoms with Crippen LogP contribution >= 0.6 is 0 Å². The molecular weight excluding hydrogens is 208 g/mol. The van der Waals surface area contributed by atoms with Crippen LogP contribution in [0.15, 0.2) is 0 Å². The summed E-state index contributed by atoms with van der Waals surface area (Å²) in [5.74, 6) is -0.180. The van der Waals surface area contributed by atoms with Crippen molar-refractivity contribution in [2.45, 2.75) is 45.8 Å². The van der Waals surface area contributed by atoms with Crippen molar-refractivity contribution in [1.29, 1.82) is 0 Å². The molecule has 1 rings (SSSR count). The summed E-state index contributed by atoms with van der Waals surface area (Å²) in [4.78, 5) is 24.4. The third-order valence-electron chi connectivity index (χ3n) is 2.47. The number of nitrogens with zero attached hydrogens (tertiary/aromatic N) is 1. The van der Waals surface area contributed by atoms with Crippen LogP contribution in [0.4, 0.5) is 4.79 Å². The molecule has 5 nitrogen and oxygen atoms in total. The Labute approximate surface area is 95.9 Å². The summed E-state index contributed by atoms with van der Waals surface area (Å²) in [5, 5.41) is 0. The maximum Gasteiger partial charge on any atom is 0.410 e. The Morgan fingerprint density at radius 3 is 2.38 bits per heavy atom. The average Bonchev–Trinajstić information content (AvgIpc) is 2.44. The molecule has 1 fully saturated rings. The van der Waals surface area contributed by atoms with Crippen LogP contribution in [-0.2, 0) is 9.53 Å². The van der Waals surface area contributed by atoms with Gasteiger partial charge in [0.1, 0.15) is 11.6 Å². The monoisotopic (exact) mass is 228 g/mol. The number of hydrogen-bond donors (Lipinski definition) is 1. The van der Waals surface area contributed by atoms with Crippen molar-refractivity contribution in [2.75, 3.05) is 6.54 Å². The highest BCUT2D eigenvalue weighted by Crippen LogP contribution is 2.24. The molecule has 0 aliphatic carbocycles. The third-order valence-corrected chi connectivity index (χ3v) is 2.47. The van der Waals surface area contributed by atoms with Gasteiger partial charge in [-0.2, -0.15) is 0 Å². The fraction of sp³-hybridized carbons (Fsp3) is 0.818. The first kappa shape index (κ1) is 12.8. The maximum absolute atomic E-state index is 11.8. The van der Waals surface area contributed by atoms with Crippen LogP contribution in [0.2, 0.25) is 0 Å². The number of hydrogen-bond acceptors (Lipinski definition) is 3. The average molecular weight is 228 g/mol. The molecule has 2 N–H and O–H groups in total. The molecule has 0 unspecified atom stereocenters. The third kappa shape index (κ3) is 3.12. The van der Waals surface area contributed by atoms with Gasteiger partial charge in [-0.15, -0.1) is 0 Å². The van der Waals surface area contributed by atoms with Gasteiger partial charge in [0.25, 0.3) is 0 Å². The first-order chi connectivity index (χ1) is 7.20. The predicted octanol–water partition coefficient (Wildman–Crippen LogP) is 1.12. The van der Waals surface area contributed by atoms with Gasteiger partial charge in [0.15, 0.2) is 0 Å². The molecule has 1 aliphatic heterocycles. The van der Waals surface area contributed by atoms with E-state index in [2.05, 4.69) is 0 Å². The maximum atomic E-state index is 11.8. The number of amides is 2. The van der Waals surface area contributed by atoms with Gasteiger partial charge in [0.05, 0.1) is 0 Å². The summed E-state index contributed by atoms with van der Waals surface area (Å²) in [5.41, 5.74) is 4.71. The lowest BCUT2D eigenvalue weighted by atomic mass is 10.1. The van der Waals surface area contributed by atoms with Crippen LogP contribution in [0.1, 0.15) is 34.1 Å². The van der Waals surface area contributed by atoms with E-state index in [0.717, 1.165) is 0 Å². The standard InChI is InChI=1S/C11H20N2O3/c1-7-5-8(9(12)14)13(6-7)10(15)16-11(2,3)4/h7-8H,5-6H2,1-4H3,(H2,12,14)/t7-,8+/m0/s1. The number of carbonyl (C=O) groups is 2. The van der Waals surface area contributed by atoms with Gasteiger partial charge in [-0.1, -0.05) is 6.92 Å². The number of rotatable bonds is 1. The van der Waals surface area contributed by atoms with Gasteiger partial charge < -0.3 is 10.5 Å². The normalized spacial score (nSPS) is 25.6. The summed E-state index contributed by atoms with van der Waals surface area (Å²) < 4.78 is 5.23. The molecule has 92 valence electrons. The van der Waals surface area contributed by atoms with E-state index in [9.17, 15) is 9.59 Å². The van der Waals surface area contributed by atoms with Crippen LogP contribution in [0.3, 0.4) is 0 Å². The highest BCUT2D eigenvalue weighted by atomic mass is 16.6. The van der Waals surface area contributed by atoms with Crippen LogP contribution < -0.4 is 5.73 Å². The van der Waals surface area contributed by atoms with Crippen molar-refractivity contribution < 1.29 is 14.3 Å². The summed E-state index contributed by atoms with van der Waals surface area (Å²) in [6, 6.07) is -0.523. The largest absolute Gasteiger partial charge is 0.444 e. The fourth-order valence-corrected chi connectivity index (χ4v) is 1.84. The Morgan fingerprint density at radius 2 is 1.94 bits per heavy atom. The minimum Gasteiger partial charge on any atom is -0.444 e. The van der Waals surface area contributed by atoms with E-state index in [0.29, 0.717) is 13.0 Å². The Morgan fingerprint density at radius 1 is 1.38 bits per heavy atom. The first-order valence-corrected chi connectivity index (χ1v) is 5.49. The van der Waals surface area contributed by atoms with Crippen molar-refractivity contribution in [3.05, 3.63) is 0 Å². The molecule has 0 aromatic carbocycles. The van der Waals surface area contributed by atoms with Crippen molar-refractivity contribution in [3.8, 4) is 0 Å². The zero-order valence-electron chi connectivity index (χ0n) is 10.3. The van der Waals surface area contributed by atoms with Crippen LogP contribution in [0.25, 0.3) is 0 Å². The zero-order chi connectivity index (χ0) is 12.5. The molecular formula is C11H20N2O3. The SMILES string of the molecule is C[C@H]1C[C@H](C(N)=O)N(C(=O)OC(C)(C)C)C1. The van der Waals surface area contributed by atoms with E-state index in [1.165, 1.54) is 4.90 Å². The first-order valence-electron chi connectivity index (χ1n) is 5.49. The Bertz CT molecular complexity index is 296. The van der Waals surface area contributed by atoms with Crippen LogP contribution in [-0.4, -0.2) is 35.1 Å². The fourth-order valence-electron chi connectivity index (χ4n) is 1.84. The topological polar surface area (TPSA) is 72.6 Å². The molecule has 1 aliphatic rings. The number of likely N-dealkylation sites (tertiary alicyclic amines) is 1. The van der Waals surface area contributed by atoms with Gasteiger partial charge in [-0.25, -0.2) is 4.79 Å². The number of carbonyl (C=O) groups excluding carboxylic acids is 2. The number of ether oxygens (including phenoxy) is 1. The van der Waals surface area contributed by atoms with Gasteiger partial charge in [-0.3, -0.25) is 9.69 Å². The Kier molecular flexibility index (Phi) is 3.45. The van der Waals surface area contributed by atoms with Gasteiger partial charge in [0, 0.05) is 6.54 Å². The zero-order valence-corrected chi connectivity index (χ0v) is 10.3. The molecule has 0 aromatic heterocycles. The molecule has 1 heterocycles. The van der Waals surface area contributed by atoms with E-state index in [1.54, 1.807) is 20.8 Å².